The van der Waals surface area contributed by atoms with Gasteiger partial charge in [-0.25, -0.2) is 4.98 Å². The zero-order valence-corrected chi connectivity index (χ0v) is 14.0. The summed E-state index contributed by atoms with van der Waals surface area (Å²) >= 11 is 7.29. The molecular formula is C16H17ClN2O3S. The first-order valence-electron chi connectivity index (χ1n) is 7.45. The molecule has 1 aromatic carbocycles. The molecule has 1 unspecified atom stereocenters. The van der Waals surface area contributed by atoms with E-state index < -0.39 is 5.97 Å². The Bertz CT molecular complexity index is 681. The van der Waals surface area contributed by atoms with Crippen molar-refractivity contribution in [3.05, 3.63) is 34.2 Å². The highest BCUT2D eigenvalue weighted by molar-refractivity contribution is 7.16. The Kier molecular flexibility index (Phi) is 5.15. The number of rotatable bonds is 6. The number of nitrogens with one attached hydrogen (secondary N) is 1. The number of thiazole rings is 1. The zero-order chi connectivity index (χ0) is 16.2. The quantitative estimate of drug-likeness (QED) is 0.829. The van der Waals surface area contributed by atoms with E-state index in [1.165, 1.54) is 11.3 Å². The number of hydrogen-bond acceptors (Lipinski definition) is 5. The maximum absolute atomic E-state index is 11.1. The summed E-state index contributed by atoms with van der Waals surface area (Å²) in [6.45, 7) is 1.50. The number of aromatic nitrogens is 1. The lowest BCUT2D eigenvalue weighted by Crippen LogP contribution is -2.18. The molecule has 0 bridgehead atoms. The minimum atomic E-state index is -0.866. The second-order valence-corrected chi connectivity index (χ2v) is 6.90. The van der Waals surface area contributed by atoms with E-state index in [2.05, 4.69) is 10.3 Å². The van der Waals surface area contributed by atoms with Crippen LogP contribution in [0, 0.1) is 0 Å². The second kappa shape index (κ2) is 7.29. The third-order valence-corrected chi connectivity index (χ3v) is 4.90. The molecule has 2 heterocycles. The Morgan fingerprint density at radius 1 is 1.43 bits per heavy atom. The first-order valence-corrected chi connectivity index (χ1v) is 8.64. The van der Waals surface area contributed by atoms with E-state index in [0.717, 1.165) is 35.0 Å². The van der Waals surface area contributed by atoms with Crippen LogP contribution >= 0.6 is 22.9 Å². The molecule has 2 N–H and O–H groups in total. The predicted octanol–water partition coefficient (Wildman–Crippen LogP) is 3.68. The number of carboxylic acids is 1. The van der Waals surface area contributed by atoms with Gasteiger partial charge in [0.05, 0.1) is 18.2 Å². The van der Waals surface area contributed by atoms with Crippen molar-refractivity contribution in [2.45, 2.75) is 25.4 Å². The lowest BCUT2D eigenvalue weighted by Gasteiger charge is -2.09. The Balaban J connectivity index is 1.80. The molecule has 0 radical (unpaired) electrons. The normalized spacial score (nSPS) is 17.3. The fourth-order valence-electron chi connectivity index (χ4n) is 2.52. The van der Waals surface area contributed by atoms with E-state index in [9.17, 15) is 4.79 Å². The molecule has 1 saturated heterocycles. The molecule has 1 atom stereocenters. The van der Waals surface area contributed by atoms with Gasteiger partial charge < -0.3 is 15.2 Å². The van der Waals surface area contributed by atoms with Crippen molar-refractivity contribution in [2.24, 2.45) is 0 Å². The van der Waals surface area contributed by atoms with Gasteiger partial charge in [0, 0.05) is 28.6 Å². The highest BCUT2D eigenvalue weighted by Crippen LogP contribution is 2.32. The van der Waals surface area contributed by atoms with Crippen molar-refractivity contribution in [1.82, 2.24) is 4.98 Å². The monoisotopic (exact) mass is 352 g/mol. The summed E-state index contributed by atoms with van der Waals surface area (Å²) in [7, 11) is 0. The standard InChI is InChI=1S/C16H17ClN2O3S/c17-11-5-3-10(4-6-11)15-13(8-14(20)21)23-16(19-15)18-9-12-2-1-7-22-12/h3-6,12H,1-2,7-9H2,(H,18,19)(H,20,21). The lowest BCUT2D eigenvalue weighted by molar-refractivity contribution is -0.136. The summed E-state index contributed by atoms with van der Waals surface area (Å²) in [5.41, 5.74) is 1.57. The van der Waals surface area contributed by atoms with Crippen LogP contribution in [-0.4, -0.2) is 35.3 Å². The highest BCUT2D eigenvalue weighted by atomic mass is 35.5. The van der Waals surface area contributed by atoms with Crippen LogP contribution in [0.3, 0.4) is 0 Å². The third-order valence-electron chi connectivity index (χ3n) is 3.63. The molecule has 0 amide bonds. The van der Waals surface area contributed by atoms with Crippen molar-refractivity contribution in [2.75, 3.05) is 18.5 Å². The minimum absolute atomic E-state index is 0.0444. The Morgan fingerprint density at radius 3 is 2.87 bits per heavy atom. The first kappa shape index (κ1) is 16.2. The van der Waals surface area contributed by atoms with Crippen LogP contribution in [0.15, 0.2) is 24.3 Å². The van der Waals surface area contributed by atoms with Gasteiger partial charge in [-0.15, -0.1) is 11.3 Å². The van der Waals surface area contributed by atoms with Gasteiger partial charge in [0.25, 0.3) is 0 Å². The second-order valence-electron chi connectivity index (χ2n) is 5.38. The molecule has 0 saturated carbocycles. The maximum atomic E-state index is 11.1. The van der Waals surface area contributed by atoms with Crippen LogP contribution in [0.5, 0.6) is 0 Å². The van der Waals surface area contributed by atoms with Crippen molar-refractivity contribution >= 4 is 34.0 Å². The van der Waals surface area contributed by atoms with Crippen molar-refractivity contribution < 1.29 is 14.6 Å². The summed E-state index contributed by atoms with van der Waals surface area (Å²) in [6.07, 6.45) is 2.30. The van der Waals surface area contributed by atoms with Crippen molar-refractivity contribution in [1.29, 1.82) is 0 Å². The number of aliphatic carboxylic acids is 1. The summed E-state index contributed by atoms with van der Waals surface area (Å²) in [5, 5.41) is 13.7. The molecule has 1 aliphatic heterocycles. The average molecular weight is 353 g/mol. The molecule has 2 aromatic rings. The Labute approximate surface area is 143 Å². The predicted molar refractivity (Wildman–Crippen MR) is 91.4 cm³/mol. The summed E-state index contributed by atoms with van der Waals surface area (Å²) < 4.78 is 5.58. The van der Waals surface area contributed by atoms with Crippen molar-refractivity contribution in [3.63, 3.8) is 0 Å². The highest BCUT2D eigenvalue weighted by Gasteiger charge is 2.18. The number of halogens is 1. The van der Waals surface area contributed by atoms with E-state index in [-0.39, 0.29) is 12.5 Å². The number of benzene rings is 1. The number of carboxylic acid groups (broad SMARTS) is 1. The largest absolute Gasteiger partial charge is 0.481 e. The van der Waals surface area contributed by atoms with E-state index in [1.807, 2.05) is 12.1 Å². The molecule has 1 aliphatic rings. The molecule has 1 aromatic heterocycles. The fraction of sp³-hybridized carbons (Fsp3) is 0.375. The van der Waals surface area contributed by atoms with Crippen LogP contribution in [0.2, 0.25) is 5.02 Å². The van der Waals surface area contributed by atoms with Gasteiger partial charge in [-0.05, 0) is 25.0 Å². The van der Waals surface area contributed by atoms with Crippen LogP contribution in [0.25, 0.3) is 11.3 Å². The summed E-state index contributed by atoms with van der Waals surface area (Å²) in [5.74, 6) is -0.866. The van der Waals surface area contributed by atoms with Gasteiger partial charge in [-0.1, -0.05) is 23.7 Å². The van der Waals surface area contributed by atoms with Crippen molar-refractivity contribution in [3.8, 4) is 11.3 Å². The molecular weight excluding hydrogens is 336 g/mol. The zero-order valence-electron chi connectivity index (χ0n) is 12.4. The third kappa shape index (κ3) is 4.22. The molecule has 1 fully saturated rings. The van der Waals surface area contributed by atoms with E-state index in [4.69, 9.17) is 21.4 Å². The topological polar surface area (TPSA) is 71.5 Å². The molecule has 7 heteroatoms. The first-order chi connectivity index (χ1) is 11.1. The van der Waals surface area contributed by atoms with Gasteiger partial charge in [0.1, 0.15) is 0 Å². The molecule has 0 aliphatic carbocycles. The number of hydrogen-bond donors (Lipinski definition) is 2. The lowest BCUT2D eigenvalue weighted by atomic mass is 10.1. The number of nitrogens with zero attached hydrogens (tertiary/aromatic N) is 1. The van der Waals surface area contributed by atoms with Crippen LogP contribution in [0.4, 0.5) is 5.13 Å². The van der Waals surface area contributed by atoms with Gasteiger partial charge in [0.15, 0.2) is 5.13 Å². The SMILES string of the molecule is O=C(O)Cc1sc(NCC2CCCO2)nc1-c1ccc(Cl)cc1. The summed E-state index contributed by atoms with van der Waals surface area (Å²) in [6, 6.07) is 7.26. The van der Waals surface area contributed by atoms with Gasteiger partial charge in [-0.2, -0.15) is 0 Å². The molecule has 23 heavy (non-hydrogen) atoms. The van der Waals surface area contributed by atoms with Crippen LogP contribution in [-0.2, 0) is 16.0 Å². The Morgan fingerprint density at radius 2 is 2.22 bits per heavy atom. The average Bonchev–Trinajstić information content (AvgIpc) is 3.15. The maximum Gasteiger partial charge on any atom is 0.308 e. The van der Waals surface area contributed by atoms with Crippen LogP contribution < -0.4 is 5.32 Å². The smallest absolute Gasteiger partial charge is 0.308 e. The molecule has 122 valence electrons. The molecule has 0 spiro atoms. The van der Waals surface area contributed by atoms with Gasteiger partial charge in [-0.3, -0.25) is 4.79 Å². The number of ether oxygens (including phenoxy) is 1. The van der Waals surface area contributed by atoms with Crippen LogP contribution in [0.1, 0.15) is 17.7 Å². The van der Waals surface area contributed by atoms with E-state index >= 15 is 0 Å². The fourth-order valence-corrected chi connectivity index (χ4v) is 3.63. The van der Waals surface area contributed by atoms with E-state index in [1.54, 1.807) is 12.1 Å². The van der Waals surface area contributed by atoms with E-state index in [0.29, 0.717) is 17.3 Å². The van der Waals surface area contributed by atoms with Gasteiger partial charge >= 0.3 is 5.97 Å². The molecule has 5 nitrogen and oxygen atoms in total. The van der Waals surface area contributed by atoms with Gasteiger partial charge in [0.2, 0.25) is 0 Å². The Hall–Kier alpha value is -1.63. The molecule has 3 rings (SSSR count). The summed E-state index contributed by atoms with van der Waals surface area (Å²) in [4.78, 5) is 16.4. The number of anilines is 1. The minimum Gasteiger partial charge on any atom is -0.481 e. The number of carbonyl (C=O) groups is 1.